The molecule has 0 aliphatic heterocycles. The van der Waals surface area contributed by atoms with Crippen molar-refractivity contribution >= 4 is 29.3 Å². The second-order valence-electron chi connectivity index (χ2n) is 5.29. The van der Waals surface area contributed by atoms with Gasteiger partial charge in [-0.25, -0.2) is 4.98 Å². The highest BCUT2D eigenvalue weighted by molar-refractivity contribution is 6.31. The lowest BCUT2D eigenvalue weighted by Gasteiger charge is -2.10. The molecule has 0 aliphatic carbocycles. The van der Waals surface area contributed by atoms with Gasteiger partial charge in [-0.1, -0.05) is 29.8 Å². The molecule has 6 nitrogen and oxygen atoms in total. The Morgan fingerprint density at radius 1 is 1.17 bits per heavy atom. The van der Waals surface area contributed by atoms with Gasteiger partial charge in [0.05, 0.1) is 6.42 Å². The van der Waals surface area contributed by atoms with E-state index in [1.165, 1.54) is 0 Å². The fourth-order valence-corrected chi connectivity index (χ4v) is 2.37. The molecule has 3 N–H and O–H groups in total. The molecular weight excluding hydrogens is 326 g/mol. The summed E-state index contributed by atoms with van der Waals surface area (Å²) in [6.07, 6.45) is 0.275. The molecule has 0 spiro atoms. The maximum atomic E-state index is 11.9. The average molecular weight is 348 g/mol. The summed E-state index contributed by atoms with van der Waals surface area (Å²) in [4.78, 5) is 20.6. The first kappa shape index (κ1) is 18.0. The van der Waals surface area contributed by atoms with Crippen molar-refractivity contribution in [3.8, 4) is 0 Å². The van der Waals surface area contributed by atoms with Gasteiger partial charge in [0.15, 0.2) is 0 Å². The number of carbonyl (C=O) groups excluding carboxylic acids is 1. The summed E-state index contributed by atoms with van der Waals surface area (Å²) in [7, 11) is 0. The smallest absolute Gasteiger partial charge is 0.224 e. The zero-order chi connectivity index (χ0) is 17.4. The Kier molecular flexibility index (Phi) is 6.81. The number of aromatic nitrogens is 2. The van der Waals surface area contributed by atoms with E-state index in [-0.39, 0.29) is 12.3 Å². The number of carbonyl (C=O) groups is 1. The zero-order valence-corrected chi connectivity index (χ0v) is 14.7. The molecule has 0 saturated heterocycles. The third kappa shape index (κ3) is 5.70. The minimum absolute atomic E-state index is 0.0582. The maximum Gasteiger partial charge on any atom is 0.224 e. The van der Waals surface area contributed by atoms with Gasteiger partial charge in [-0.2, -0.15) is 4.98 Å². The summed E-state index contributed by atoms with van der Waals surface area (Å²) in [6.45, 7) is 5.76. The number of hydrogen-bond acceptors (Lipinski definition) is 5. The van der Waals surface area contributed by atoms with Crippen molar-refractivity contribution in [1.82, 2.24) is 15.3 Å². The summed E-state index contributed by atoms with van der Waals surface area (Å²) >= 11 is 6.05. The van der Waals surface area contributed by atoms with E-state index in [9.17, 15) is 4.79 Å². The molecule has 0 unspecified atom stereocenters. The van der Waals surface area contributed by atoms with Crippen LogP contribution in [0.15, 0.2) is 30.3 Å². The van der Waals surface area contributed by atoms with Crippen LogP contribution in [0.1, 0.15) is 18.2 Å². The van der Waals surface area contributed by atoms with E-state index in [0.29, 0.717) is 24.1 Å². The van der Waals surface area contributed by atoms with Gasteiger partial charge in [0.25, 0.3) is 0 Å². The van der Waals surface area contributed by atoms with Crippen molar-refractivity contribution in [2.75, 3.05) is 30.3 Å². The molecule has 128 valence electrons. The van der Waals surface area contributed by atoms with Crippen molar-refractivity contribution in [2.24, 2.45) is 0 Å². The standard InChI is InChI=1S/C17H22ClN5O/c1-3-19-17-22-12(2)10-15(23-17)20-8-9-21-16(24)11-13-6-4-5-7-14(13)18/h4-7,10H,3,8-9,11H2,1-2H3,(H,21,24)(H2,19,20,22,23). The Hall–Kier alpha value is -2.34. The fourth-order valence-electron chi connectivity index (χ4n) is 2.17. The van der Waals surface area contributed by atoms with E-state index in [1.54, 1.807) is 6.07 Å². The first-order chi connectivity index (χ1) is 11.6. The molecule has 0 bridgehead atoms. The first-order valence-electron chi connectivity index (χ1n) is 7.92. The SMILES string of the molecule is CCNc1nc(C)cc(NCCNC(=O)Cc2ccccc2Cl)n1. The van der Waals surface area contributed by atoms with E-state index >= 15 is 0 Å². The van der Waals surface area contributed by atoms with Crippen LogP contribution in [0.25, 0.3) is 0 Å². The third-order valence-electron chi connectivity index (χ3n) is 3.25. The summed E-state index contributed by atoms with van der Waals surface area (Å²) in [5.41, 5.74) is 1.71. The number of aryl methyl sites for hydroxylation is 1. The van der Waals surface area contributed by atoms with Crippen LogP contribution in [-0.4, -0.2) is 35.5 Å². The number of nitrogens with zero attached hydrogens (tertiary/aromatic N) is 2. The van der Waals surface area contributed by atoms with Crippen LogP contribution >= 0.6 is 11.6 Å². The summed E-state index contributed by atoms with van der Waals surface area (Å²) in [5, 5.41) is 9.74. The summed E-state index contributed by atoms with van der Waals surface area (Å²) < 4.78 is 0. The molecule has 24 heavy (non-hydrogen) atoms. The number of halogens is 1. The van der Waals surface area contributed by atoms with Crippen molar-refractivity contribution in [3.05, 3.63) is 46.6 Å². The highest BCUT2D eigenvalue weighted by atomic mass is 35.5. The normalized spacial score (nSPS) is 10.3. The second kappa shape index (κ2) is 9.08. The molecule has 1 heterocycles. The van der Waals surface area contributed by atoms with Gasteiger partial charge in [0, 0.05) is 36.4 Å². The van der Waals surface area contributed by atoms with Gasteiger partial charge in [-0.05, 0) is 25.5 Å². The number of amides is 1. The Morgan fingerprint density at radius 2 is 1.96 bits per heavy atom. The lowest BCUT2D eigenvalue weighted by molar-refractivity contribution is -0.120. The molecule has 1 aromatic heterocycles. The van der Waals surface area contributed by atoms with Gasteiger partial charge >= 0.3 is 0 Å². The van der Waals surface area contributed by atoms with Crippen LogP contribution in [0.5, 0.6) is 0 Å². The topological polar surface area (TPSA) is 78.9 Å². The maximum absolute atomic E-state index is 11.9. The van der Waals surface area contributed by atoms with Gasteiger partial charge in [-0.3, -0.25) is 4.79 Å². The lowest BCUT2D eigenvalue weighted by Crippen LogP contribution is -2.30. The van der Waals surface area contributed by atoms with Gasteiger partial charge in [0.1, 0.15) is 5.82 Å². The predicted octanol–water partition coefficient (Wildman–Crippen LogP) is 2.64. The molecule has 2 rings (SSSR count). The quantitative estimate of drug-likeness (QED) is 0.640. The highest BCUT2D eigenvalue weighted by Crippen LogP contribution is 2.15. The van der Waals surface area contributed by atoms with Crippen LogP contribution in [0.4, 0.5) is 11.8 Å². The number of rotatable bonds is 8. The van der Waals surface area contributed by atoms with Gasteiger partial charge in [-0.15, -0.1) is 0 Å². The van der Waals surface area contributed by atoms with Crippen LogP contribution in [0.3, 0.4) is 0 Å². The highest BCUT2D eigenvalue weighted by Gasteiger charge is 2.06. The van der Waals surface area contributed by atoms with E-state index in [2.05, 4.69) is 25.9 Å². The molecular formula is C17H22ClN5O. The van der Waals surface area contributed by atoms with E-state index in [4.69, 9.17) is 11.6 Å². The molecule has 2 aromatic rings. The van der Waals surface area contributed by atoms with Crippen LogP contribution in [-0.2, 0) is 11.2 Å². The Labute approximate surface area is 147 Å². The van der Waals surface area contributed by atoms with Crippen LogP contribution < -0.4 is 16.0 Å². The summed E-state index contributed by atoms with van der Waals surface area (Å²) in [5.74, 6) is 1.28. The molecule has 0 atom stereocenters. The van der Waals surface area contributed by atoms with Gasteiger partial charge < -0.3 is 16.0 Å². The molecule has 0 aliphatic rings. The number of hydrogen-bond donors (Lipinski definition) is 3. The Balaban J connectivity index is 1.76. The monoisotopic (exact) mass is 347 g/mol. The van der Waals surface area contributed by atoms with E-state index in [1.807, 2.05) is 38.1 Å². The fraction of sp³-hybridized carbons (Fsp3) is 0.353. The molecule has 7 heteroatoms. The van der Waals surface area contributed by atoms with E-state index in [0.717, 1.165) is 23.6 Å². The van der Waals surface area contributed by atoms with Crippen LogP contribution in [0, 0.1) is 6.92 Å². The number of anilines is 2. The lowest BCUT2D eigenvalue weighted by atomic mass is 10.1. The largest absolute Gasteiger partial charge is 0.368 e. The Bertz CT molecular complexity index is 692. The first-order valence-corrected chi connectivity index (χ1v) is 8.30. The molecule has 1 amide bonds. The van der Waals surface area contributed by atoms with Gasteiger partial charge in [0.2, 0.25) is 11.9 Å². The predicted molar refractivity (Wildman–Crippen MR) is 97.6 cm³/mol. The minimum atomic E-state index is -0.0582. The average Bonchev–Trinajstić information content (AvgIpc) is 2.54. The molecule has 0 saturated carbocycles. The summed E-state index contributed by atoms with van der Waals surface area (Å²) in [6, 6.07) is 9.22. The Morgan fingerprint density at radius 3 is 2.71 bits per heavy atom. The molecule has 0 radical (unpaired) electrons. The zero-order valence-electron chi connectivity index (χ0n) is 13.9. The van der Waals surface area contributed by atoms with Crippen molar-refractivity contribution in [2.45, 2.75) is 20.3 Å². The van der Waals surface area contributed by atoms with Crippen LogP contribution in [0.2, 0.25) is 5.02 Å². The second-order valence-corrected chi connectivity index (χ2v) is 5.70. The van der Waals surface area contributed by atoms with Crippen molar-refractivity contribution in [3.63, 3.8) is 0 Å². The van der Waals surface area contributed by atoms with Crippen molar-refractivity contribution in [1.29, 1.82) is 0 Å². The number of nitrogens with one attached hydrogen (secondary N) is 3. The number of benzene rings is 1. The molecule has 0 fully saturated rings. The third-order valence-corrected chi connectivity index (χ3v) is 3.62. The minimum Gasteiger partial charge on any atom is -0.368 e. The van der Waals surface area contributed by atoms with Crippen molar-refractivity contribution < 1.29 is 4.79 Å². The van der Waals surface area contributed by atoms with E-state index < -0.39 is 0 Å². The molecule has 1 aromatic carbocycles.